The minimum atomic E-state index is -3.46. The predicted octanol–water partition coefficient (Wildman–Crippen LogP) is 2.33. The van der Waals surface area contributed by atoms with E-state index < -0.39 is 15.4 Å². The average Bonchev–Trinajstić information content (AvgIpc) is 3.24. The van der Waals surface area contributed by atoms with E-state index >= 15 is 0 Å². The van der Waals surface area contributed by atoms with Crippen LogP contribution in [0.4, 0.5) is 0 Å². The van der Waals surface area contributed by atoms with Crippen LogP contribution in [-0.2, 0) is 21.2 Å². The second-order valence-corrected chi connectivity index (χ2v) is 9.82. The summed E-state index contributed by atoms with van der Waals surface area (Å²) in [5.41, 5.74) is -0.479. The van der Waals surface area contributed by atoms with Crippen LogP contribution in [0.2, 0.25) is 0 Å². The maximum absolute atomic E-state index is 12.8. The van der Waals surface area contributed by atoms with Gasteiger partial charge in [-0.15, -0.1) is 11.3 Å². The van der Waals surface area contributed by atoms with Crippen LogP contribution in [-0.4, -0.2) is 49.7 Å². The third kappa shape index (κ3) is 2.83. The molecule has 2 aliphatic rings. The molecular weight excluding hydrogens is 332 g/mol. The van der Waals surface area contributed by atoms with Gasteiger partial charge in [0.05, 0.1) is 5.41 Å². The minimum Gasteiger partial charge on any atom is -0.342 e. The molecule has 3 rings (SSSR count). The number of carbonyl (C=O) groups is 1. The van der Waals surface area contributed by atoms with Crippen LogP contribution in [0.5, 0.6) is 0 Å². The molecule has 0 saturated carbocycles. The Kier molecular flexibility index (Phi) is 4.55. The molecule has 5 nitrogen and oxygen atoms in total. The van der Waals surface area contributed by atoms with Crippen molar-refractivity contribution in [2.75, 3.05) is 26.2 Å². The maximum atomic E-state index is 12.8. The van der Waals surface area contributed by atoms with Crippen molar-refractivity contribution in [3.8, 4) is 0 Å². The van der Waals surface area contributed by atoms with Crippen molar-refractivity contribution in [1.82, 2.24) is 9.21 Å². The zero-order valence-corrected chi connectivity index (χ0v) is 15.4. The largest absolute Gasteiger partial charge is 0.342 e. The lowest BCUT2D eigenvalue weighted by Crippen LogP contribution is -2.38. The lowest BCUT2D eigenvalue weighted by Gasteiger charge is -2.23. The molecule has 1 atom stereocenters. The first-order valence-corrected chi connectivity index (χ1v) is 10.6. The molecule has 2 saturated heterocycles. The zero-order valence-electron chi connectivity index (χ0n) is 13.7. The summed E-state index contributed by atoms with van der Waals surface area (Å²) >= 11 is 1.34. The molecule has 1 aromatic heterocycles. The smallest absolute Gasteiger partial charge is 0.252 e. The highest BCUT2D eigenvalue weighted by atomic mass is 32.2. The number of thiophene rings is 1. The summed E-state index contributed by atoms with van der Waals surface area (Å²) < 4.78 is 27.6. The van der Waals surface area contributed by atoms with Gasteiger partial charge >= 0.3 is 0 Å². The van der Waals surface area contributed by atoms with Gasteiger partial charge in [0.2, 0.25) is 5.91 Å². The van der Waals surface area contributed by atoms with E-state index in [4.69, 9.17) is 0 Å². The Bertz CT molecular complexity index is 698. The molecule has 1 aromatic rings. The van der Waals surface area contributed by atoms with E-state index in [0.29, 0.717) is 23.7 Å². The van der Waals surface area contributed by atoms with Crippen molar-refractivity contribution < 1.29 is 13.2 Å². The highest BCUT2D eigenvalue weighted by Gasteiger charge is 2.52. The van der Waals surface area contributed by atoms with Gasteiger partial charge < -0.3 is 4.90 Å². The first kappa shape index (κ1) is 16.9. The summed E-state index contributed by atoms with van der Waals surface area (Å²) in [7, 11) is -3.46. The molecule has 7 heteroatoms. The molecule has 23 heavy (non-hydrogen) atoms. The summed E-state index contributed by atoms with van der Waals surface area (Å²) in [6.07, 6.45) is 3.22. The summed E-state index contributed by atoms with van der Waals surface area (Å²) in [4.78, 5) is 15.7. The van der Waals surface area contributed by atoms with Crippen LogP contribution < -0.4 is 0 Å². The van der Waals surface area contributed by atoms with Crippen molar-refractivity contribution in [2.45, 2.75) is 43.7 Å². The second kappa shape index (κ2) is 6.18. The molecule has 0 radical (unpaired) electrons. The van der Waals surface area contributed by atoms with E-state index in [9.17, 15) is 13.2 Å². The fourth-order valence-electron chi connectivity index (χ4n) is 3.61. The van der Waals surface area contributed by atoms with Crippen molar-refractivity contribution in [3.05, 3.63) is 17.0 Å². The van der Waals surface area contributed by atoms with Crippen molar-refractivity contribution in [1.29, 1.82) is 0 Å². The minimum absolute atomic E-state index is 0.150. The fraction of sp³-hybridized carbons (Fsp3) is 0.688. The number of carbonyl (C=O) groups excluding carboxylic acids is 1. The van der Waals surface area contributed by atoms with E-state index in [1.54, 1.807) is 6.07 Å². The summed E-state index contributed by atoms with van der Waals surface area (Å²) in [5.74, 6) is 0.150. The van der Waals surface area contributed by atoms with Gasteiger partial charge in [-0.2, -0.15) is 4.31 Å². The number of sulfonamides is 1. The van der Waals surface area contributed by atoms with Gasteiger partial charge in [0, 0.05) is 31.1 Å². The van der Waals surface area contributed by atoms with Crippen LogP contribution in [0.1, 0.15) is 38.0 Å². The third-order valence-corrected chi connectivity index (χ3v) is 8.54. The molecule has 0 N–H and O–H groups in total. The average molecular weight is 357 g/mol. The lowest BCUT2D eigenvalue weighted by atomic mass is 9.86. The molecule has 0 aromatic carbocycles. The Morgan fingerprint density at radius 1 is 1.22 bits per heavy atom. The fourth-order valence-corrected chi connectivity index (χ4v) is 6.59. The van der Waals surface area contributed by atoms with E-state index in [0.717, 1.165) is 37.2 Å². The van der Waals surface area contributed by atoms with Crippen molar-refractivity contribution >= 4 is 27.3 Å². The van der Waals surface area contributed by atoms with Gasteiger partial charge in [0.15, 0.2) is 0 Å². The molecular formula is C16H24N2O3S2. The Balaban J connectivity index is 1.78. The molecule has 1 amide bonds. The monoisotopic (exact) mass is 356 g/mol. The predicted molar refractivity (Wildman–Crippen MR) is 91.0 cm³/mol. The number of amides is 1. The third-order valence-electron chi connectivity index (χ3n) is 4.99. The quantitative estimate of drug-likeness (QED) is 0.814. The number of aryl methyl sites for hydroxylation is 1. The van der Waals surface area contributed by atoms with Crippen LogP contribution in [0.3, 0.4) is 0 Å². The van der Waals surface area contributed by atoms with Crippen LogP contribution in [0, 0.1) is 5.41 Å². The molecule has 3 heterocycles. The van der Waals surface area contributed by atoms with Crippen molar-refractivity contribution in [2.24, 2.45) is 5.41 Å². The maximum Gasteiger partial charge on any atom is 0.252 e. The van der Waals surface area contributed by atoms with Crippen LogP contribution in [0.25, 0.3) is 0 Å². The number of hydrogen-bond acceptors (Lipinski definition) is 4. The Labute approximate surface area is 142 Å². The molecule has 1 spiro atoms. The summed E-state index contributed by atoms with van der Waals surface area (Å²) in [5, 5.41) is 0. The normalized spacial score (nSPS) is 25.8. The number of likely N-dealkylation sites (tertiary alicyclic amines) is 1. The molecule has 2 fully saturated rings. The number of nitrogens with zero attached hydrogens (tertiary/aromatic N) is 2. The number of rotatable bonds is 5. The van der Waals surface area contributed by atoms with Gasteiger partial charge in [0.25, 0.3) is 10.0 Å². The van der Waals surface area contributed by atoms with Gasteiger partial charge in [-0.25, -0.2) is 8.42 Å². The SMILES string of the molecule is CCCN1CCC2(CCN(S(=O)(=O)c3ccc(CC)s3)C2)C1=O. The lowest BCUT2D eigenvalue weighted by molar-refractivity contribution is -0.135. The van der Waals surface area contributed by atoms with Crippen LogP contribution >= 0.6 is 11.3 Å². The van der Waals surface area contributed by atoms with Gasteiger partial charge in [-0.05, 0) is 37.8 Å². The Hall–Kier alpha value is -0.920. The second-order valence-electron chi connectivity index (χ2n) is 6.49. The summed E-state index contributed by atoms with van der Waals surface area (Å²) in [6, 6.07) is 3.58. The van der Waals surface area contributed by atoms with E-state index in [-0.39, 0.29) is 5.91 Å². The first-order valence-electron chi connectivity index (χ1n) is 8.31. The first-order chi connectivity index (χ1) is 10.9. The van der Waals surface area contributed by atoms with Crippen molar-refractivity contribution in [3.63, 3.8) is 0 Å². The highest BCUT2D eigenvalue weighted by molar-refractivity contribution is 7.91. The summed E-state index contributed by atoms with van der Waals surface area (Å²) in [6.45, 7) is 6.41. The number of hydrogen-bond donors (Lipinski definition) is 0. The van der Waals surface area contributed by atoms with Gasteiger partial charge in [-0.1, -0.05) is 13.8 Å². The van der Waals surface area contributed by atoms with Gasteiger partial charge in [-0.3, -0.25) is 4.79 Å². The Morgan fingerprint density at radius 2 is 1.96 bits per heavy atom. The van der Waals surface area contributed by atoms with E-state index in [1.165, 1.54) is 15.6 Å². The molecule has 0 bridgehead atoms. The topological polar surface area (TPSA) is 57.7 Å². The highest BCUT2D eigenvalue weighted by Crippen LogP contribution is 2.42. The molecule has 128 valence electrons. The zero-order chi connectivity index (χ0) is 16.7. The van der Waals surface area contributed by atoms with Gasteiger partial charge in [0.1, 0.15) is 4.21 Å². The molecule has 2 aliphatic heterocycles. The Morgan fingerprint density at radius 3 is 2.61 bits per heavy atom. The standard InChI is InChI=1S/C16H24N2O3S2/c1-3-9-17-10-7-16(15(17)19)8-11-18(12-16)23(20,21)14-6-5-13(4-2)22-14/h5-6H,3-4,7-12H2,1-2H3. The molecule has 1 unspecified atom stereocenters. The van der Waals surface area contributed by atoms with E-state index in [2.05, 4.69) is 6.92 Å². The van der Waals surface area contributed by atoms with Crippen LogP contribution in [0.15, 0.2) is 16.3 Å². The van der Waals surface area contributed by atoms with E-state index in [1.807, 2.05) is 17.9 Å². The molecule has 0 aliphatic carbocycles.